The van der Waals surface area contributed by atoms with Crippen molar-refractivity contribution in [1.29, 1.82) is 0 Å². The normalized spacial score (nSPS) is 21.0. The van der Waals surface area contributed by atoms with E-state index in [1.165, 1.54) is 12.8 Å². The third-order valence-corrected chi connectivity index (χ3v) is 8.08. The van der Waals surface area contributed by atoms with E-state index in [2.05, 4.69) is 29.4 Å². The molecule has 1 atom stereocenters. The SMILES string of the molecule is CN1CC2CCC1([C@H](NC(=O)c1c(N)cccc1Cl)c1ccccc1)CC2.O=C(O)CC(O)(CC(=O)O)C(=O)O. The molecule has 40 heavy (non-hydrogen) atoms. The molecule has 7 N–H and O–H groups in total. The van der Waals surface area contributed by atoms with Gasteiger partial charge in [-0.1, -0.05) is 48.0 Å². The minimum absolute atomic E-state index is 0.0677. The maximum absolute atomic E-state index is 13.2. The first-order valence-corrected chi connectivity index (χ1v) is 13.2. The number of carboxylic acid groups (broad SMARTS) is 3. The Morgan fingerprint density at radius 3 is 2.08 bits per heavy atom. The van der Waals surface area contributed by atoms with Crippen molar-refractivity contribution in [2.24, 2.45) is 5.92 Å². The topological polar surface area (TPSA) is 190 Å². The van der Waals surface area contributed by atoms with Crippen LogP contribution in [0.25, 0.3) is 0 Å². The van der Waals surface area contributed by atoms with E-state index in [0.29, 0.717) is 16.3 Å². The number of likely N-dealkylation sites (N-methyl/N-ethyl adjacent to an activating group) is 1. The highest BCUT2D eigenvalue weighted by atomic mass is 35.5. The van der Waals surface area contributed by atoms with E-state index < -0.39 is 36.4 Å². The Balaban J connectivity index is 0.000000289. The number of nitrogens with two attached hydrogens (primary N) is 1. The van der Waals surface area contributed by atoms with Crippen molar-refractivity contribution in [1.82, 2.24) is 10.2 Å². The van der Waals surface area contributed by atoms with Gasteiger partial charge in [-0.25, -0.2) is 4.79 Å². The lowest BCUT2D eigenvalue weighted by Crippen LogP contribution is -2.62. The lowest BCUT2D eigenvalue weighted by molar-refractivity contribution is -0.170. The van der Waals surface area contributed by atoms with Crippen LogP contribution in [0.5, 0.6) is 0 Å². The zero-order valence-electron chi connectivity index (χ0n) is 22.0. The van der Waals surface area contributed by atoms with Gasteiger partial charge < -0.3 is 31.5 Å². The summed E-state index contributed by atoms with van der Waals surface area (Å²) < 4.78 is 0. The van der Waals surface area contributed by atoms with E-state index in [0.717, 1.165) is 30.9 Å². The molecule has 2 bridgehead atoms. The molecule has 5 rings (SSSR count). The van der Waals surface area contributed by atoms with Crippen LogP contribution < -0.4 is 11.1 Å². The summed E-state index contributed by atoms with van der Waals surface area (Å²) in [6.45, 7) is 1.09. The molecule has 3 aliphatic rings. The number of aliphatic carboxylic acids is 3. The second-order valence-electron chi connectivity index (χ2n) is 10.4. The zero-order valence-corrected chi connectivity index (χ0v) is 22.8. The van der Waals surface area contributed by atoms with Gasteiger partial charge in [0.2, 0.25) is 0 Å². The summed E-state index contributed by atoms with van der Waals surface area (Å²) in [6.07, 6.45) is 2.33. The van der Waals surface area contributed by atoms with E-state index in [-0.39, 0.29) is 17.5 Å². The molecule has 2 saturated heterocycles. The van der Waals surface area contributed by atoms with Crippen molar-refractivity contribution in [3.63, 3.8) is 0 Å². The summed E-state index contributed by atoms with van der Waals surface area (Å²) in [5, 5.41) is 37.5. The fourth-order valence-electron chi connectivity index (χ4n) is 5.69. The van der Waals surface area contributed by atoms with Crippen LogP contribution in [-0.4, -0.2) is 73.9 Å². The number of nitrogens with zero attached hydrogens (tertiary/aromatic N) is 1. The first kappa shape index (κ1) is 30.9. The molecule has 216 valence electrons. The van der Waals surface area contributed by atoms with Gasteiger partial charge in [0.15, 0.2) is 5.60 Å². The van der Waals surface area contributed by atoms with Crippen LogP contribution in [-0.2, 0) is 14.4 Å². The molecule has 0 radical (unpaired) electrons. The summed E-state index contributed by atoms with van der Waals surface area (Å²) in [5.41, 5.74) is 5.15. The van der Waals surface area contributed by atoms with Crippen molar-refractivity contribution in [2.75, 3.05) is 19.3 Å². The van der Waals surface area contributed by atoms with Gasteiger partial charge in [-0.3, -0.25) is 19.3 Å². The summed E-state index contributed by atoms with van der Waals surface area (Å²) in [4.78, 5) is 46.1. The number of hydrogen-bond acceptors (Lipinski definition) is 7. The molecule has 2 aliphatic heterocycles. The maximum atomic E-state index is 13.2. The molecule has 2 aromatic rings. The van der Waals surface area contributed by atoms with Gasteiger partial charge in [0, 0.05) is 17.8 Å². The molecule has 0 spiro atoms. The average molecular weight is 576 g/mol. The molecule has 12 heteroatoms. The minimum atomic E-state index is -2.74. The standard InChI is InChI=1S/C22H26ClN3O.C6H8O7/c1-26-14-15-10-12-22(26,13-11-15)20(16-6-3-2-4-7-16)25-21(27)19-17(23)8-5-9-18(19)24;7-3(8)1-6(13,5(11)12)2-4(9)10/h2-9,15,20H,10-14,24H2,1H3,(H,25,27);13H,1-2H2,(H,7,8)(H,9,10)(H,11,12)/t15?,20-,22?;/m1./s1. The smallest absolute Gasteiger partial charge is 0.336 e. The number of nitrogen functional groups attached to an aromatic ring is 1. The van der Waals surface area contributed by atoms with Gasteiger partial charge in [0.1, 0.15) is 0 Å². The second kappa shape index (κ2) is 12.7. The third-order valence-electron chi connectivity index (χ3n) is 7.77. The molecular weight excluding hydrogens is 542 g/mol. The Kier molecular flexibility index (Phi) is 9.78. The summed E-state index contributed by atoms with van der Waals surface area (Å²) >= 11 is 6.29. The Bertz CT molecular complexity index is 1210. The van der Waals surface area contributed by atoms with Crippen molar-refractivity contribution in [3.8, 4) is 0 Å². The zero-order chi connectivity index (χ0) is 29.7. The number of nitrogens with one attached hydrogen (secondary N) is 1. The Morgan fingerprint density at radius 2 is 1.60 bits per heavy atom. The van der Waals surface area contributed by atoms with E-state index in [9.17, 15) is 19.2 Å². The summed E-state index contributed by atoms with van der Waals surface area (Å²) in [7, 11) is 2.19. The highest BCUT2D eigenvalue weighted by Gasteiger charge is 2.50. The van der Waals surface area contributed by atoms with Gasteiger partial charge in [-0.15, -0.1) is 0 Å². The molecule has 1 saturated carbocycles. The number of carbonyl (C=O) groups excluding carboxylic acids is 1. The molecule has 1 amide bonds. The highest BCUT2D eigenvalue weighted by molar-refractivity contribution is 6.34. The van der Waals surface area contributed by atoms with Crippen molar-refractivity contribution >= 4 is 41.1 Å². The van der Waals surface area contributed by atoms with E-state index in [1.807, 2.05) is 18.2 Å². The van der Waals surface area contributed by atoms with Gasteiger partial charge in [0.05, 0.1) is 29.5 Å². The van der Waals surface area contributed by atoms with E-state index in [4.69, 9.17) is 37.8 Å². The van der Waals surface area contributed by atoms with E-state index in [1.54, 1.807) is 18.2 Å². The number of anilines is 1. The van der Waals surface area contributed by atoms with Crippen LogP contribution in [0.3, 0.4) is 0 Å². The number of rotatable bonds is 9. The predicted octanol–water partition coefficient (Wildman–Crippen LogP) is 3.02. The molecule has 0 aromatic heterocycles. The third kappa shape index (κ3) is 6.90. The van der Waals surface area contributed by atoms with Gasteiger partial charge in [-0.05, 0) is 56.3 Å². The number of carboxylic acids is 3. The summed E-state index contributed by atoms with van der Waals surface area (Å²) in [6, 6.07) is 15.4. The van der Waals surface area contributed by atoms with Crippen molar-refractivity contribution in [2.45, 2.75) is 55.7 Å². The van der Waals surface area contributed by atoms with Crippen molar-refractivity contribution < 1.29 is 39.6 Å². The van der Waals surface area contributed by atoms with Gasteiger partial charge in [0.25, 0.3) is 5.91 Å². The number of aliphatic hydroxyl groups is 1. The van der Waals surface area contributed by atoms with Crippen LogP contribution in [0.15, 0.2) is 48.5 Å². The number of hydrogen-bond donors (Lipinski definition) is 6. The molecular formula is C28H34ClN3O8. The number of fused-ring (bicyclic) bond motifs is 3. The Morgan fingerprint density at radius 1 is 1.02 bits per heavy atom. The second-order valence-corrected chi connectivity index (χ2v) is 10.8. The lowest BCUT2D eigenvalue weighted by Gasteiger charge is -2.57. The fraction of sp³-hybridized carbons (Fsp3) is 0.429. The average Bonchev–Trinajstić information content (AvgIpc) is 2.88. The first-order valence-electron chi connectivity index (χ1n) is 12.8. The quantitative estimate of drug-likeness (QED) is 0.242. The summed E-state index contributed by atoms with van der Waals surface area (Å²) in [5.74, 6) is -4.44. The predicted molar refractivity (Wildman–Crippen MR) is 147 cm³/mol. The fourth-order valence-corrected chi connectivity index (χ4v) is 5.96. The molecule has 1 aliphatic carbocycles. The van der Waals surface area contributed by atoms with E-state index >= 15 is 0 Å². The maximum Gasteiger partial charge on any atom is 0.336 e. The molecule has 2 heterocycles. The number of carbonyl (C=O) groups is 4. The molecule has 0 unspecified atom stereocenters. The minimum Gasteiger partial charge on any atom is -0.481 e. The van der Waals surface area contributed by atoms with Crippen molar-refractivity contribution in [3.05, 3.63) is 64.7 Å². The first-order chi connectivity index (χ1) is 18.8. The van der Waals surface area contributed by atoms with Crippen LogP contribution in [0, 0.1) is 5.92 Å². The number of piperidine rings is 2. The van der Waals surface area contributed by atoms with Crippen LogP contribution >= 0.6 is 11.6 Å². The molecule has 2 aromatic carbocycles. The highest BCUT2D eigenvalue weighted by Crippen LogP contribution is 2.49. The lowest BCUT2D eigenvalue weighted by atomic mass is 9.66. The van der Waals surface area contributed by atoms with Gasteiger partial charge >= 0.3 is 17.9 Å². The Labute approximate surface area is 236 Å². The van der Waals surface area contributed by atoms with Crippen LogP contribution in [0.1, 0.15) is 60.5 Å². The van der Waals surface area contributed by atoms with Crippen LogP contribution in [0.2, 0.25) is 5.02 Å². The number of amides is 1. The molecule has 11 nitrogen and oxygen atoms in total. The number of benzene rings is 2. The number of halogens is 1. The van der Waals surface area contributed by atoms with Gasteiger partial charge in [-0.2, -0.15) is 0 Å². The van der Waals surface area contributed by atoms with Crippen LogP contribution in [0.4, 0.5) is 5.69 Å². The molecule has 3 fully saturated rings. The Hall–Kier alpha value is -3.67. The monoisotopic (exact) mass is 575 g/mol. The largest absolute Gasteiger partial charge is 0.481 e.